The minimum Gasteiger partial charge on any atom is -0.370 e. The van der Waals surface area contributed by atoms with Crippen molar-refractivity contribution >= 4 is 106 Å². The Balaban J connectivity index is 2.52. The van der Waals surface area contributed by atoms with Crippen LogP contribution in [0.3, 0.4) is 0 Å². The maximum Gasteiger partial charge on any atom is 0.243 e. The van der Waals surface area contributed by atoms with Crippen LogP contribution < -0.4 is 122 Å². The van der Waals surface area contributed by atoms with Crippen LogP contribution in [-0.4, -0.2) is 205 Å². The largest absolute Gasteiger partial charge is 0.370 e. The monoisotopic (exact) mass is 1520 g/mol. The third-order valence-corrected chi connectivity index (χ3v) is 17.8. The summed E-state index contributed by atoms with van der Waals surface area (Å²) in [7, 11) is 0. The molecule has 0 fully saturated rings. The number of hydrogen-bond acceptors (Lipinski definition) is 18. The minimum atomic E-state index is -1.45. The van der Waals surface area contributed by atoms with Crippen LogP contribution in [0.2, 0.25) is 0 Å². The zero-order valence-corrected chi connectivity index (χ0v) is 64.3. The number of carbonyl (C=O) groups is 12. The fraction of sp³-hybridized carbons (Fsp3) is 0.652. The van der Waals surface area contributed by atoms with Gasteiger partial charge in [0.1, 0.15) is 66.5 Å². The summed E-state index contributed by atoms with van der Waals surface area (Å²) in [5.74, 6) is -13.1. The first kappa shape index (κ1) is 93.5. The summed E-state index contributed by atoms with van der Waals surface area (Å²) in [5.41, 5.74) is 62.7. The summed E-state index contributed by atoms with van der Waals surface area (Å²) in [6.45, 7) is 18.5. The number of amides is 12. The topological polar surface area (TPSA) is 689 Å². The number of rotatable bonds is 50. The smallest absolute Gasteiger partial charge is 0.243 e. The summed E-state index contributed by atoms with van der Waals surface area (Å²) >= 11 is 0. The van der Waals surface area contributed by atoms with Crippen molar-refractivity contribution in [3.63, 3.8) is 0 Å². The number of nitrogens with one attached hydrogen (secondary N) is 12. The number of carbonyl (C=O) groups excluding carboxylic acids is 12. The van der Waals surface area contributed by atoms with E-state index in [0.717, 1.165) is 0 Å². The Morgan fingerprint density at radius 3 is 1.15 bits per heavy atom. The van der Waals surface area contributed by atoms with Crippen LogP contribution in [0.1, 0.15) is 152 Å². The van der Waals surface area contributed by atoms with Crippen molar-refractivity contribution in [2.24, 2.45) is 113 Å². The lowest BCUT2D eigenvalue weighted by molar-refractivity contribution is -0.137. The fourth-order valence-electron chi connectivity index (χ4n) is 11.1. The molecule has 0 aliphatic carbocycles. The number of para-hydroxylation sites is 1. The molecule has 108 heavy (non-hydrogen) atoms. The van der Waals surface area contributed by atoms with Crippen molar-refractivity contribution in [2.45, 2.75) is 226 Å². The fourth-order valence-corrected chi connectivity index (χ4v) is 11.1. The van der Waals surface area contributed by atoms with E-state index in [4.69, 9.17) is 63.1 Å². The minimum absolute atomic E-state index is 0.00396. The average molecular weight is 1520 g/mol. The first-order valence-corrected chi connectivity index (χ1v) is 36.6. The number of guanidine groups is 4. The molecule has 14 atom stereocenters. The Morgan fingerprint density at radius 1 is 0.398 bits per heavy atom. The summed E-state index contributed by atoms with van der Waals surface area (Å²) in [6.07, 6.45) is 2.93. The zero-order valence-electron chi connectivity index (χ0n) is 64.3. The number of primary amides is 1. The molecule has 2 rings (SSSR count). The van der Waals surface area contributed by atoms with Crippen molar-refractivity contribution in [1.29, 1.82) is 0 Å². The molecule has 606 valence electrons. The SMILES string of the molecule is CC[C@H](C)[C@H](NC(=O)[C@H](CCCN=C(N)N)NC(=O)[C@@H](NC(=O)[C@H](C)NC(=O)[C@@H](NC(=O)[C@@H](NC(=O)[C@H](CC(C)C)NC(=O)[C@H](CCCN=C(N)N)NC(=O)[C@@H](N)CN)[C@@H](C)CC)C(C)C)C(C)C)C(=O)N[C@@H](Cc1c[nH]c2ccccc12)C(=O)N[C@@H](CCCN=C(N)N)C(=O)N[C@@H](CCCN=C(N)N)C(N)=O. The molecule has 39 nitrogen and oxygen atoms in total. The maximum atomic E-state index is 14.9. The molecule has 12 amide bonds. The molecule has 0 aliphatic heterocycles. The second-order valence-corrected chi connectivity index (χ2v) is 28.0. The lowest BCUT2D eigenvalue weighted by Crippen LogP contribution is -2.62. The number of aromatic amines is 1. The summed E-state index contributed by atoms with van der Waals surface area (Å²) in [6, 6.07) is -8.44. The van der Waals surface area contributed by atoms with Gasteiger partial charge >= 0.3 is 0 Å². The summed E-state index contributed by atoms with van der Waals surface area (Å²) in [4.78, 5) is 189. The highest BCUT2D eigenvalue weighted by atomic mass is 16.2. The predicted octanol–water partition coefficient (Wildman–Crippen LogP) is -5.50. The highest BCUT2D eigenvalue weighted by molar-refractivity contribution is 6.00. The van der Waals surface area contributed by atoms with Gasteiger partial charge in [0, 0.05) is 56.2 Å². The molecule has 1 heterocycles. The van der Waals surface area contributed by atoms with Gasteiger partial charge in [-0.15, -0.1) is 0 Å². The maximum absolute atomic E-state index is 14.9. The van der Waals surface area contributed by atoms with Gasteiger partial charge in [-0.25, -0.2) is 0 Å². The van der Waals surface area contributed by atoms with Gasteiger partial charge in [-0.2, -0.15) is 0 Å². The highest BCUT2D eigenvalue weighted by Gasteiger charge is 2.39. The number of H-pyrrole nitrogens is 1. The van der Waals surface area contributed by atoms with Crippen LogP contribution >= 0.6 is 0 Å². The van der Waals surface area contributed by atoms with E-state index < -0.39 is 167 Å². The summed E-state index contributed by atoms with van der Waals surface area (Å²) in [5, 5.41) is 30.5. The van der Waals surface area contributed by atoms with E-state index in [9.17, 15) is 57.5 Å². The molecule has 0 saturated heterocycles. The van der Waals surface area contributed by atoms with Crippen LogP contribution in [-0.2, 0) is 64.0 Å². The molecule has 1 aromatic heterocycles. The molecule has 0 unspecified atom stereocenters. The second kappa shape index (κ2) is 47.9. The first-order chi connectivity index (χ1) is 50.8. The molecule has 0 saturated carbocycles. The molecule has 1 aromatic carbocycles. The number of nitrogens with zero attached hydrogens (tertiary/aromatic N) is 4. The van der Waals surface area contributed by atoms with Crippen molar-refractivity contribution in [2.75, 3.05) is 32.7 Å². The van der Waals surface area contributed by atoms with E-state index in [1.54, 1.807) is 73.7 Å². The van der Waals surface area contributed by atoms with Crippen molar-refractivity contribution in [3.05, 3.63) is 36.0 Å². The normalized spacial score (nSPS) is 15.1. The van der Waals surface area contributed by atoms with Crippen LogP contribution in [0.15, 0.2) is 50.4 Å². The van der Waals surface area contributed by atoms with Crippen LogP contribution in [0.25, 0.3) is 10.9 Å². The van der Waals surface area contributed by atoms with Gasteiger partial charge in [0.2, 0.25) is 70.9 Å². The molecule has 0 radical (unpaired) electrons. The lowest BCUT2D eigenvalue weighted by Gasteiger charge is -2.31. The van der Waals surface area contributed by atoms with E-state index in [1.165, 1.54) is 6.92 Å². The van der Waals surface area contributed by atoms with Crippen LogP contribution in [0.5, 0.6) is 0 Å². The molecule has 0 aliphatic rings. The number of hydrogen-bond donors (Lipinski definition) is 23. The number of benzene rings is 1. The van der Waals surface area contributed by atoms with Gasteiger partial charge < -0.3 is 127 Å². The van der Waals surface area contributed by atoms with E-state index in [0.29, 0.717) is 29.3 Å². The Bertz CT molecular complexity index is 3420. The van der Waals surface area contributed by atoms with Gasteiger partial charge in [-0.3, -0.25) is 77.5 Å². The number of aliphatic imine (C=N–C) groups is 4. The van der Waals surface area contributed by atoms with Gasteiger partial charge in [0.15, 0.2) is 23.8 Å². The standard InChI is InChI=1S/C69H123N27O12/c1-12-37(9)52(64(107)92-49(31-40-33-85-43-21-15-14-20-41(40)43)60(103)89-46(24-18-28-83-68(77)78)57(100)87-44(54(72)97)22-16-26-81-66(73)74)95-59(102)47(25-19-29-84-69(79)80)90-63(106)51(36(7)8)93-55(98)39(11)86-62(105)50(35(5)6)94-65(108)53(38(10)13-2)96-61(104)48(30-34(3)4)91-58(101)45(23-17-27-82-67(75)76)88-56(99)42(71)32-70/h14-15,20-21,33-39,42,44-53,85H,12-13,16-19,22-32,70-71H2,1-11H3,(H2,72,97)(H,86,105)(H,87,100)(H,88,99)(H,89,103)(H,90,106)(H,91,101)(H,92,107)(H,93,98)(H,94,108)(H,95,102)(H,96,104)(H4,73,74,81)(H4,75,76,82)(H4,77,78,83)(H4,79,80,84)/t37-,38-,39-,42-,44-,45-,46-,47-,48-,49-,50-,51-,52-,53-/m0/s1. The third kappa shape index (κ3) is 33.5. The van der Waals surface area contributed by atoms with Gasteiger partial charge in [-0.1, -0.05) is 100 Å². The Morgan fingerprint density at radius 2 is 0.731 bits per heavy atom. The second-order valence-electron chi connectivity index (χ2n) is 28.0. The van der Waals surface area contributed by atoms with E-state index >= 15 is 0 Å². The Labute approximate surface area is 631 Å². The van der Waals surface area contributed by atoms with E-state index in [1.807, 2.05) is 26.0 Å². The zero-order chi connectivity index (χ0) is 81.7. The summed E-state index contributed by atoms with van der Waals surface area (Å²) < 4.78 is 0. The third-order valence-electron chi connectivity index (χ3n) is 17.8. The van der Waals surface area contributed by atoms with Crippen molar-refractivity contribution in [1.82, 2.24) is 63.5 Å². The van der Waals surface area contributed by atoms with Crippen molar-refractivity contribution in [3.8, 4) is 0 Å². The quantitative estimate of drug-likeness (QED) is 0.0167. The molecule has 34 N–H and O–H groups in total. The molecule has 0 spiro atoms. The highest BCUT2D eigenvalue weighted by Crippen LogP contribution is 2.21. The van der Waals surface area contributed by atoms with Gasteiger partial charge in [-0.05, 0) is 106 Å². The van der Waals surface area contributed by atoms with Crippen LogP contribution in [0.4, 0.5) is 0 Å². The van der Waals surface area contributed by atoms with E-state index in [-0.39, 0.29) is 127 Å². The number of fused-ring (bicyclic) bond motifs is 1. The Kier molecular flexibility index (Phi) is 41.4. The molecular formula is C69H123N27O12. The van der Waals surface area contributed by atoms with E-state index in [2.05, 4.69) is 83.4 Å². The Hall–Kier alpha value is -10.6. The molecular weight excluding hydrogens is 1400 g/mol. The van der Waals surface area contributed by atoms with Crippen LogP contribution in [0, 0.1) is 29.6 Å². The number of aromatic nitrogens is 1. The predicted molar refractivity (Wildman–Crippen MR) is 413 cm³/mol. The van der Waals surface area contributed by atoms with Crippen molar-refractivity contribution < 1.29 is 57.5 Å². The average Bonchev–Trinajstić information content (AvgIpc) is 1.62. The van der Waals surface area contributed by atoms with Gasteiger partial charge in [0.25, 0.3) is 0 Å². The molecule has 39 heteroatoms. The van der Waals surface area contributed by atoms with Gasteiger partial charge in [0.05, 0.1) is 6.04 Å². The lowest BCUT2D eigenvalue weighted by atomic mass is 9.95. The first-order valence-electron chi connectivity index (χ1n) is 36.6. The molecule has 0 bridgehead atoms. The molecule has 2 aromatic rings. The number of nitrogens with two attached hydrogens (primary N) is 11.